The van der Waals surface area contributed by atoms with Crippen LogP contribution in [0.25, 0.3) is 0 Å². The molecule has 0 saturated heterocycles. The first-order valence-electron chi connectivity index (χ1n) is 7.30. The summed E-state index contributed by atoms with van der Waals surface area (Å²) in [5.74, 6) is 2.53. The Morgan fingerprint density at radius 1 is 1.32 bits per heavy atom. The summed E-state index contributed by atoms with van der Waals surface area (Å²) in [4.78, 5) is 0. The van der Waals surface area contributed by atoms with Crippen LogP contribution < -0.4 is 15.2 Å². The van der Waals surface area contributed by atoms with Crippen LogP contribution >= 0.6 is 0 Å². The smallest absolute Gasteiger partial charge is 0.127 e. The van der Waals surface area contributed by atoms with Crippen molar-refractivity contribution in [3.05, 3.63) is 23.8 Å². The van der Waals surface area contributed by atoms with Crippen molar-refractivity contribution in [3.63, 3.8) is 0 Å². The third kappa shape index (κ3) is 3.63. The molecule has 0 radical (unpaired) electrons. The Hall–Kier alpha value is -1.22. The van der Waals surface area contributed by atoms with Crippen molar-refractivity contribution in [3.8, 4) is 11.5 Å². The van der Waals surface area contributed by atoms with E-state index in [1.54, 1.807) is 7.11 Å². The van der Waals surface area contributed by atoms with Gasteiger partial charge in [0.2, 0.25) is 0 Å². The van der Waals surface area contributed by atoms with Gasteiger partial charge in [-0.05, 0) is 31.2 Å². The second-order valence-corrected chi connectivity index (χ2v) is 5.36. The van der Waals surface area contributed by atoms with E-state index in [0.29, 0.717) is 12.6 Å². The molecule has 0 aliphatic heterocycles. The Morgan fingerprint density at radius 2 is 2.16 bits per heavy atom. The highest BCUT2D eigenvalue weighted by Gasteiger charge is 2.22. The minimum atomic E-state index is 0.330. The molecule has 3 heteroatoms. The van der Waals surface area contributed by atoms with Crippen molar-refractivity contribution < 1.29 is 9.47 Å². The van der Waals surface area contributed by atoms with E-state index in [-0.39, 0.29) is 0 Å². The molecule has 2 atom stereocenters. The van der Waals surface area contributed by atoms with Gasteiger partial charge >= 0.3 is 0 Å². The van der Waals surface area contributed by atoms with Gasteiger partial charge in [-0.1, -0.05) is 25.8 Å². The molecule has 0 spiro atoms. The molecule has 2 N–H and O–H groups in total. The molecule has 19 heavy (non-hydrogen) atoms. The Bertz CT molecular complexity index is 406. The van der Waals surface area contributed by atoms with E-state index in [4.69, 9.17) is 15.2 Å². The summed E-state index contributed by atoms with van der Waals surface area (Å²) in [5.41, 5.74) is 6.83. The van der Waals surface area contributed by atoms with E-state index in [2.05, 4.69) is 6.92 Å². The van der Waals surface area contributed by atoms with Crippen LogP contribution in [0.1, 0.15) is 44.6 Å². The zero-order chi connectivity index (χ0) is 13.7. The van der Waals surface area contributed by atoms with Gasteiger partial charge in [0.05, 0.1) is 13.2 Å². The number of benzene rings is 1. The van der Waals surface area contributed by atoms with Crippen molar-refractivity contribution in [2.24, 2.45) is 11.7 Å². The van der Waals surface area contributed by atoms with Gasteiger partial charge in [0.15, 0.2) is 0 Å². The lowest BCUT2D eigenvalue weighted by atomic mass is 9.85. The van der Waals surface area contributed by atoms with E-state index in [1.165, 1.54) is 19.3 Å². The summed E-state index contributed by atoms with van der Waals surface area (Å²) < 4.78 is 11.5. The molecule has 0 heterocycles. The fraction of sp³-hybridized carbons (Fsp3) is 0.625. The van der Waals surface area contributed by atoms with Crippen molar-refractivity contribution >= 4 is 0 Å². The van der Waals surface area contributed by atoms with Crippen LogP contribution in [-0.2, 0) is 6.54 Å². The highest BCUT2D eigenvalue weighted by atomic mass is 16.5. The molecule has 0 bridgehead atoms. The first-order chi connectivity index (χ1) is 9.26. The standard InChI is InChI=1S/C16H25NO2/c1-3-12-5-4-6-15(9-12)19-16-10-14(18-2)8-7-13(16)11-17/h7-8,10,12,15H,3-6,9,11,17H2,1-2H3. The first-order valence-corrected chi connectivity index (χ1v) is 7.30. The van der Waals surface area contributed by atoms with Gasteiger partial charge in [0, 0.05) is 18.2 Å². The highest BCUT2D eigenvalue weighted by molar-refractivity contribution is 5.40. The number of methoxy groups -OCH3 is 1. The lowest BCUT2D eigenvalue weighted by Gasteiger charge is -2.29. The maximum absolute atomic E-state index is 6.19. The third-order valence-electron chi connectivity index (χ3n) is 4.10. The van der Waals surface area contributed by atoms with E-state index >= 15 is 0 Å². The Kier molecular flexibility index (Phi) is 5.08. The van der Waals surface area contributed by atoms with Gasteiger partial charge < -0.3 is 15.2 Å². The fourth-order valence-corrected chi connectivity index (χ4v) is 2.84. The minimum absolute atomic E-state index is 0.330. The summed E-state index contributed by atoms with van der Waals surface area (Å²) in [6.07, 6.45) is 6.51. The van der Waals surface area contributed by atoms with Crippen molar-refractivity contribution in [1.82, 2.24) is 0 Å². The second kappa shape index (κ2) is 6.80. The zero-order valence-corrected chi connectivity index (χ0v) is 12.0. The van der Waals surface area contributed by atoms with Gasteiger partial charge in [-0.15, -0.1) is 0 Å². The van der Waals surface area contributed by atoms with Crippen LogP contribution in [0, 0.1) is 5.92 Å². The maximum atomic E-state index is 6.19. The molecule has 1 aromatic carbocycles. The molecule has 1 saturated carbocycles. The predicted molar refractivity (Wildman–Crippen MR) is 77.6 cm³/mol. The molecule has 0 amide bonds. The Morgan fingerprint density at radius 3 is 2.84 bits per heavy atom. The molecule has 1 fully saturated rings. The summed E-state index contributed by atoms with van der Waals surface area (Å²) in [7, 11) is 1.68. The lowest BCUT2D eigenvalue weighted by Crippen LogP contribution is -2.25. The third-order valence-corrected chi connectivity index (χ3v) is 4.10. The van der Waals surface area contributed by atoms with E-state index in [9.17, 15) is 0 Å². The van der Waals surface area contributed by atoms with Crippen LogP contribution in [-0.4, -0.2) is 13.2 Å². The molecule has 1 aliphatic rings. The molecular weight excluding hydrogens is 238 g/mol. The summed E-state index contributed by atoms with van der Waals surface area (Å²) in [6, 6.07) is 5.89. The molecule has 1 aliphatic carbocycles. The van der Waals surface area contributed by atoms with E-state index < -0.39 is 0 Å². The quantitative estimate of drug-likeness (QED) is 0.884. The molecule has 1 aromatic rings. The van der Waals surface area contributed by atoms with Gasteiger partial charge in [-0.2, -0.15) is 0 Å². The zero-order valence-electron chi connectivity index (χ0n) is 12.0. The van der Waals surface area contributed by atoms with Gasteiger partial charge in [0.25, 0.3) is 0 Å². The minimum Gasteiger partial charge on any atom is -0.497 e. The van der Waals surface area contributed by atoms with Crippen LogP contribution in [0.3, 0.4) is 0 Å². The van der Waals surface area contributed by atoms with Gasteiger partial charge in [-0.3, -0.25) is 0 Å². The Labute approximate surface area is 116 Å². The van der Waals surface area contributed by atoms with Crippen molar-refractivity contribution in [2.75, 3.05) is 7.11 Å². The molecule has 106 valence electrons. The molecular formula is C16H25NO2. The molecule has 3 nitrogen and oxygen atoms in total. The number of nitrogens with two attached hydrogens (primary N) is 1. The number of hydrogen-bond acceptors (Lipinski definition) is 3. The summed E-state index contributed by atoms with van der Waals surface area (Å²) in [5, 5.41) is 0. The van der Waals surface area contributed by atoms with Crippen LogP contribution in [0.2, 0.25) is 0 Å². The largest absolute Gasteiger partial charge is 0.497 e. The summed E-state index contributed by atoms with van der Waals surface area (Å²) in [6.45, 7) is 2.77. The number of hydrogen-bond donors (Lipinski definition) is 1. The van der Waals surface area contributed by atoms with Crippen molar-refractivity contribution in [1.29, 1.82) is 0 Å². The van der Waals surface area contributed by atoms with Crippen LogP contribution in [0.4, 0.5) is 0 Å². The normalized spacial score (nSPS) is 23.1. The first kappa shape index (κ1) is 14.2. The van der Waals surface area contributed by atoms with Crippen LogP contribution in [0.5, 0.6) is 11.5 Å². The number of rotatable bonds is 5. The SMILES string of the molecule is CCC1CCCC(Oc2cc(OC)ccc2CN)C1. The number of ether oxygens (including phenoxy) is 2. The average Bonchev–Trinajstić information content (AvgIpc) is 2.47. The topological polar surface area (TPSA) is 44.5 Å². The fourth-order valence-electron chi connectivity index (χ4n) is 2.84. The molecule has 2 rings (SSSR count). The van der Waals surface area contributed by atoms with E-state index in [1.807, 2.05) is 18.2 Å². The van der Waals surface area contributed by atoms with Gasteiger partial charge in [0.1, 0.15) is 11.5 Å². The van der Waals surface area contributed by atoms with E-state index in [0.717, 1.165) is 35.8 Å². The maximum Gasteiger partial charge on any atom is 0.127 e. The predicted octanol–water partition coefficient (Wildman–Crippen LogP) is 3.50. The van der Waals surface area contributed by atoms with Crippen LogP contribution in [0.15, 0.2) is 18.2 Å². The summed E-state index contributed by atoms with van der Waals surface area (Å²) >= 11 is 0. The lowest BCUT2D eigenvalue weighted by molar-refractivity contribution is 0.120. The average molecular weight is 263 g/mol. The van der Waals surface area contributed by atoms with Gasteiger partial charge in [-0.25, -0.2) is 0 Å². The monoisotopic (exact) mass is 263 g/mol. The molecule has 0 aromatic heterocycles. The highest BCUT2D eigenvalue weighted by Crippen LogP contribution is 2.32. The van der Waals surface area contributed by atoms with Crippen molar-refractivity contribution in [2.45, 2.75) is 51.7 Å². The Balaban J connectivity index is 2.08. The molecule has 2 unspecified atom stereocenters. The second-order valence-electron chi connectivity index (χ2n) is 5.36.